The number of rotatable bonds is 9. The number of benzene rings is 2. The average molecular weight is 542 g/mol. The lowest BCUT2D eigenvalue weighted by Crippen LogP contribution is -2.50. The maximum absolute atomic E-state index is 13.7. The summed E-state index contributed by atoms with van der Waals surface area (Å²) in [5, 5.41) is 5.32. The van der Waals surface area contributed by atoms with Gasteiger partial charge in [-0.1, -0.05) is 66.7 Å². The van der Waals surface area contributed by atoms with Crippen LogP contribution in [0.25, 0.3) is 10.9 Å². The highest BCUT2D eigenvalue weighted by molar-refractivity contribution is 6.42. The molecule has 2 fully saturated rings. The molecule has 0 unspecified atom stereocenters. The summed E-state index contributed by atoms with van der Waals surface area (Å²) in [6, 6.07) is 13.9. The average Bonchev–Trinajstić information content (AvgIpc) is 3.67. The molecule has 2 aromatic carbocycles. The first kappa shape index (κ1) is 25.9. The Labute approximate surface area is 228 Å². The zero-order chi connectivity index (χ0) is 25.8. The molecule has 0 spiro atoms. The van der Waals surface area contributed by atoms with Gasteiger partial charge in [0.25, 0.3) is 0 Å². The summed E-state index contributed by atoms with van der Waals surface area (Å²) >= 11 is 12.4. The third-order valence-corrected chi connectivity index (χ3v) is 8.26. The molecule has 2 N–H and O–H groups in total. The van der Waals surface area contributed by atoms with Crippen molar-refractivity contribution >= 4 is 46.0 Å². The van der Waals surface area contributed by atoms with Crippen molar-refractivity contribution in [3.8, 4) is 0 Å². The van der Waals surface area contributed by atoms with E-state index in [-0.39, 0.29) is 30.6 Å². The largest absolute Gasteiger partial charge is 0.361 e. The van der Waals surface area contributed by atoms with Crippen LogP contribution in [-0.2, 0) is 17.8 Å². The maximum Gasteiger partial charge on any atom is 0.318 e. The highest BCUT2D eigenvalue weighted by Crippen LogP contribution is 2.28. The number of H-pyrrole nitrogens is 1. The van der Waals surface area contributed by atoms with E-state index < -0.39 is 0 Å². The van der Waals surface area contributed by atoms with E-state index >= 15 is 0 Å². The molecule has 0 atom stereocenters. The fraction of sp³-hybridized carbons (Fsp3) is 0.448. The quantitative estimate of drug-likeness (QED) is 0.323. The van der Waals surface area contributed by atoms with Crippen LogP contribution in [0.1, 0.15) is 56.1 Å². The number of aromatic amines is 1. The van der Waals surface area contributed by atoms with Crippen molar-refractivity contribution in [3.05, 3.63) is 69.8 Å². The number of fused-ring (bicyclic) bond motifs is 1. The lowest BCUT2D eigenvalue weighted by molar-refractivity contribution is -0.132. The number of carbonyl (C=O) groups excluding carboxylic acids is 2. The fourth-order valence-electron chi connectivity index (χ4n) is 5.25. The molecule has 0 bridgehead atoms. The van der Waals surface area contributed by atoms with Gasteiger partial charge in [-0.15, -0.1) is 0 Å². The van der Waals surface area contributed by atoms with Gasteiger partial charge in [0.1, 0.15) is 6.54 Å². The van der Waals surface area contributed by atoms with Gasteiger partial charge in [0.05, 0.1) is 10.0 Å². The molecule has 0 radical (unpaired) electrons. The van der Waals surface area contributed by atoms with Gasteiger partial charge in [0.15, 0.2) is 0 Å². The van der Waals surface area contributed by atoms with Crippen molar-refractivity contribution in [1.29, 1.82) is 0 Å². The maximum atomic E-state index is 13.7. The number of para-hydroxylation sites is 1. The molecule has 1 aromatic heterocycles. The summed E-state index contributed by atoms with van der Waals surface area (Å²) in [6.45, 7) is 1.02. The number of nitrogens with one attached hydrogen (secondary N) is 2. The van der Waals surface area contributed by atoms with Crippen LogP contribution >= 0.6 is 23.2 Å². The summed E-state index contributed by atoms with van der Waals surface area (Å²) in [7, 11) is 0. The van der Waals surface area contributed by atoms with Gasteiger partial charge < -0.3 is 20.1 Å². The second-order valence-corrected chi connectivity index (χ2v) is 11.1. The van der Waals surface area contributed by atoms with E-state index in [1.807, 2.05) is 35.4 Å². The number of amides is 3. The Morgan fingerprint density at radius 2 is 1.76 bits per heavy atom. The van der Waals surface area contributed by atoms with Gasteiger partial charge in [-0.3, -0.25) is 4.79 Å². The highest BCUT2D eigenvalue weighted by atomic mass is 35.5. The molecule has 37 heavy (non-hydrogen) atoms. The summed E-state index contributed by atoms with van der Waals surface area (Å²) in [5.74, 6) is -0.0587. The van der Waals surface area contributed by atoms with Crippen LogP contribution in [0.2, 0.25) is 10.0 Å². The second kappa shape index (κ2) is 11.8. The van der Waals surface area contributed by atoms with Crippen LogP contribution < -0.4 is 5.32 Å². The Morgan fingerprint density at radius 3 is 2.51 bits per heavy atom. The lowest BCUT2D eigenvalue weighted by Gasteiger charge is -2.30. The summed E-state index contributed by atoms with van der Waals surface area (Å²) in [6.07, 6.45) is 10.2. The molecule has 2 aliphatic rings. The summed E-state index contributed by atoms with van der Waals surface area (Å²) in [5.41, 5.74) is 3.15. The third-order valence-electron chi connectivity index (χ3n) is 7.52. The highest BCUT2D eigenvalue weighted by Gasteiger charge is 2.35. The van der Waals surface area contributed by atoms with Gasteiger partial charge in [-0.2, -0.15) is 0 Å². The molecule has 0 aliphatic heterocycles. The second-order valence-electron chi connectivity index (χ2n) is 10.3. The molecular formula is C29H34Cl2N4O2. The molecular weight excluding hydrogens is 507 g/mol. The van der Waals surface area contributed by atoms with E-state index in [2.05, 4.69) is 22.4 Å². The lowest BCUT2D eigenvalue weighted by atomic mass is 9.96. The Hall–Kier alpha value is -2.70. The van der Waals surface area contributed by atoms with Gasteiger partial charge >= 0.3 is 6.03 Å². The minimum atomic E-state index is -0.103. The predicted octanol–water partition coefficient (Wildman–Crippen LogP) is 6.55. The number of urea groups is 1. The van der Waals surface area contributed by atoms with E-state index in [1.54, 1.807) is 11.0 Å². The van der Waals surface area contributed by atoms with Crippen molar-refractivity contribution in [3.63, 3.8) is 0 Å². The van der Waals surface area contributed by atoms with Crippen molar-refractivity contribution in [2.75, 3.05) is 13.1 Å². The van der Waals surface area contributed by atoms with E-state index in [0.717, 1.165) is 60.6 Å². The molecule has 3 amide bonds. The van der Waals surface area contributed by atoms with Gasteiger partial charge in [0.2, 0.25) is 5.91 Å². The van der Waals surface area contributed by atoms with Crippen LogP contribution in [0, 0.1) is 0 Å². The minimum absolute atomic E-state index is 0.0587. The fourth-order valence-corrected chi connectivity index (χ4v) is 5.57. The van der Waals surface area contributed by atoms with Crippen molar-refractivity contribution in [2.45, 2.75) is 70.0 Å². The normalized spacial score (nSPS) is 16.1. The number of halogens is 2. The van der Waals surface area contributed by atoms with Crippen molar-refractivity contribution in [2.24, 2.45) is 0 Å². The zero-order valence-electron chi connectivity index (χ0n) is 21.0. The first-order valence-electron chi connectivity index (χ1n) is 13.3. The van der Waals surface area contributed by atoms with Crippen molar-refractivity contribution < 1.29 is 9.59 Å². The minimum Gasteiger partial charge on any atom is -0.361 e. The Morgan fingerprint density at radius 1 is 0.973 bits per heavy atom. The van der Waals surface area contributed by atoms with Crippen molar-refractivity contribution in [1.82, 2.24) is 20.1 Å². The van der Waals surface area contributed by atoms with E-state index in [0.29, 0.717) is 29.6 Å². The molecule has 5 rings (SSSR count). The number of hydrogen-bond donors (Lipinski definition) is 2. The van der Waals surface area contributed by atoms with Gasteiger partial charge in [0, 0.05) is 42.3 Å². The summed E-state index contributed by atoms with van der Waals surface area (Å²) in [4.78, 5) is 33.8. The molecule has 1 heterocycles. The van der Waals surface area contributed by atoms with Crippen LogP contribution in [0.5, 0.6) is 0 Å². The standard InChI is InChI=1S/C29H34Cl2N4O2/c30-25-13-10-20(16-26(25)31)18-34(15-14-21-17-32-27-9-5-4-8-24(21)27)28(36)19-35(23-11-12-23)29(37)33-22-6-2-1-3-7-22/h4-5,8-10,13,16-17,22-23,32H,1-3,6-7,11-12,14-15,18-19H2,(H,33,37). The van der Waals surface area contributed by atoms with Crippen LogP contribution in [0.15, 0.2) is 48.7 Å². The Balaban J connectivity index is 1.30. The molecule has 196 valence electrons. The zero-order valence-corrected chi connectivity index (χ0v) is 22.5. The molecule has 3 aromatic rings. The van der Waals surface area contributed by atoms with Gasteiger partial charge in [-0.05, 0) is 61.4 Å². The molecule has 8 heteroatoms. The van der Waals surface area contributed by atoms with Gasteiger partial charge in [-0.25, -0.2) is 4.79 Å². The first-order chi connectivity index (χ1) is 18.0. The van der Waals surface area contributed by atoms with E-state index in [4.69, 9.17) is 23.2 Å². The van der Waals surface area contributed by atoms with Crippen LogP contribution in [0.4, 0.5) is 4.79 Å². The first-order valence-corrected chi connectivity index (χ1v) is 14.1. The molecule has 2 aliphatic carbocycles. The van der Waals surface area contributed by atoms with E-state index in [9.17, 15) is 9.59 Å². The monoisotopic (exact) mass is 540 g/mol. The van der Waals surface area contributed by atoms with Crippen LogP contribution in [-0.4, -0.2) is 51.9 Å². The number of carbonyl (C=O) groups is 2. The Bertz CT molecular complexity index is 1250. The number of hydrogen-bond acceptors (Lipinski definition) is 2. The SMILES string of the molecule is O=C(CN(C(=O)NC1CCCCC1)C1CC1)N(CCc1c[nH]c2ccccc12)Cc1ccc(Cl)c(Cl)c1. The molecule has 2 saturated carbocycles. The Kier molecular flexibility index (Phi) is 8.26. The molecule has 0 saturated heterocycles. The summed E-state index contributed by atoms with van der Waals surface area (Å²) < 4.78 is 0. The smallest absolute Gasteiger partial charge is 0.318 e. The van der Waals surface area contributed by atoms with E-state index in [1.165, 1.54) is 6.42 Å². The molecule has 6 nitrogen and oxygen atoms in total. The van der Waals surface area contributed by atoms with Crippen LogP contribution in [0.3, 0.4) is 0 Å². The number of nitrogens with zero attached hydrogens (tertiary/aromatic N) is 2. The number of aromatic nitrogens is 1. The third kappa shape index (κ3) is 6.60. The topological polar surface area (TPSA) is 68.4 Å². The predicted molar refractivity (Wildman–Crippen MR) is 149 cm³/mol.